The molecule has 0 spiro atoms. The van der Waals surface area contributed by atoms with Crippen LogP contribution in [0.15, 0.2) is 170 Å². The van der Waals surface area contributed by atoms with Gasteiger partial charge in [0.15, 0.2) is 0 Å². The van der Waals surface area contributed by atoms with E-state index in [4.69, 9.17) is 41.3 Å². The molecule has 69 heavy (non-hydrogen) atoms. The number of rotatable bonds is 18. The van der Waals surface area contributed by atoms with Crippen LogP contribution >= 0.6 is 0 Å². The van der Waals surface area contributed by atoms with Gasteiger partial charge in [0.25, 0.3) is 0 Å². The molecule has 0 amide bonds. The molecule has 2 unspecified atom stereocenters. The van der Waals surface area contributed by atoms with Gasteiger partial charge in [0.1, 0.15) is 74.8 Å². The number of hydrogen-bond acceptors (Lipinski definition) is 10. The molecule has 8 aromatic carbocycles. The van der Waals surface area contributed by atoms with E-state index in [9.17, 15) is 19.8 Å². The molecule has 9 rings (SSSR count). The van der Waals surface area contributed by atoms with Gasteiger partial charge in [0.2, 0.25) is 0 Å². The number of terminal acetylenes is 2. The third-order valence-corrected chi connectivity index (χ3v) is 12.0. The Balaban J connectivity index is 0.840. The summed E-state index contributed by atoms with van der Waals surface area (Å²) >= 11 is 0. The molecule has 2 atom stereocenters. The topological polar surface area (TPSA) is 130 Å². The standard InChI is InChI=1S/C59H46O10/c1-3-29-64-51-23-17-39-31-43(15-13-41(39)33-51)57(62)68-37-47(60)35-66-49-25-19-45(20-26-49)59(55-11-7-5-9-53(55)54-10-6-8-12-56(54)59)46-21-27-50(28-22-46)67-36-48(61)38-69-58(63)44-16-14-42-34-52(65-30-4-2)24-18-40(42)32-44/h1-2,5-28,31-34,47-48,60-61H,29-30,35-38H2. The number of ether oxygens (including phenoxy) is 6. The van der Waals surface area contributed by atoms with Crippen molar-refractivity contribution < 1.29 is 48.2 Å². The van der Waals surface area contributed by atoms with Crippen molar-refractivity contribution >= 4 is 33.5 Å². The molecule has 0 radical (unpaired) electrons. The predicted molar refractivity (Wildman–Crippen MR) is 264 cm³/mol. The first-order chi connectivity index (χ1) is 33.7. The molecule has 0 fully saturated rings. The Morgan fingerprint density at radius 1 is 0.449 bits per heavy atom. The second-order valence-electron chi connectivity index (χ2n) is 16.4. The molecular weight excluding hydrogens is 869 g/mol. The minimum atomic E-state index is -1.08. The van der Waals surface area contributed by atoms with Gasteiger partial charge >= 0.3 is 11.9 Å². The molecule has 0 saturated carbocycles. The molecule has 10 nitrogen and oxygen atoms in total. The monoisotopic (exact) mass is 914 g/mol. The zero-order chi connectivity index (χ0) is 47.7. The lowest BCUT2D eigenvalue weighted by molar-refractivity contribution is 0.0127. The molecule has 1 aliphatic carbocycles. The highest BCUT2D eigenvalue weighted by Gasteiger charge is 2.46. The van der Waals surface area contributed by atoms with Gasteiger partial charge in [0, 0.05) is 0 Å². The number of esters is 2. The van der Waals surface area contributed by atoms with Gasteiger partial charge in [-0.25, -0.2) is 9.59 Å². The lowest BCUT2D eigenvalue weighted by atomic mass is 9.68. The van der Waals surface area contributed by atoms with E-state index in [1.54, 1.807) is 48.5 Å². The van der Waals surface area contributed by atoms with Crippen LogP contribution in [0, 0.1) is 24.7 Å². The summed E-state index contributed by atoms with van der Waals surface area (Å²) in [5, 5.41) is 25.0. The Labute approximate surface area is 399 Å². The summed E-state index contributed by atoms with van der Waals surface area (Å²) in [4.78, 5) is 25.8. The average Bonchev–Trinajstić information content (AvgIpc) is 3.70. The maximum atomic E-state index is 12.9. The molecule has 1 aliphatic rings. The Kier molecular flexibility index (Phi) is 13.6. The van der Waals surface area contributed by atoms with E-state index in [-0.39, 0.29) is 39.6 Å². The lowest BCUT2D eigenvalue weighted by Crippen LogP contribution is -2.28. The highest BCUT2D eigenvalue weighted by Crippen LogP contribution is 2.56. The Morgan fingerprint density at radius 3 is 1.25 bits per heavy atom. The summed E-state index contributed by atoms with van der Waals surface area (Å²) in [5.74, 6) is 6.10. The van der Waals surface area contributed by atoms with Gasteiger partial charge in [-0.1, -0.05) is 109 Å². The van der Waals surface area contributed by atoms with E-state index in [1.165, 1.54) is 0 Å². The van der Waals surface area contributed by atoms with E-state index in [0.29, 0.717) is 34.1 Å². The molecule has 0 saturated heterocycles. The van der Waals surface area contributed by atoms with Crippen LogP contribution in [-0.4, -0.2) is 74.0 Å². The van der Waals surface area contributed by atoms with Crippen LogP contribution in [0.1, 0.15) is 43.0 Å². The summed E-state index contributed by atoms with van der Waals surface area (Å²) in [6.07, 6.45) is 8.44. The fourth-order valence-electron chi connectivity index (χ4n) is 8.75. The normalized spacial score (nSPS) is 12.9. The van der Waals surface area contributed by atoms with Crippen molar-refractivity contribution in [2.75, 3.05) is 39.6 Å². The molecule has 0 aliphatic heterocycles. The van der Waals surface area contributed by atoms with E-state index >= 15 is 0 Å². The van der Waals surface area contributed by atoms with Gasteiger partial charge in [-0.05, 0) is 128 Å². The van der Waals surface area contributed by atoms with Crippen molar-refractivity contribution in [3.63, 3.8) is 0 Å². The van der Waals surface area contributed by atoms with Crippen molar-refractivity contribution in [2.45, 2.75) is 17.6 Å². The molecule has 342 valence electrons. The van der Waals surface area contributed by atoms with Crippen molar-refractivity contribution in [1.29, 1.82) is 0 Å². The van der Waals surface area contributed by atoms with E-state index in [1.807, 2.05) is 97.1 Å². The predicted octanol–water partition coefficient (Wildman–Crippen LogP) is 9.57. The number of carbonyl (C=O) groups excluding carboxylic acids is 2. The van der Waals surface area contributed by atoms with Crippen LogP contribution in [0.25, 0.3) is 32.7 Å². The van der Waals surface area contributed by atoms with Crippen LogP contribution in [-0.2, 0) is 14.9 Å². The van der Waals surface area contributed by atoms with Gasteiger partial charge in [0.05, 0.1) is 16.5 Å². The van der Waals surface area contributed by atoms with E-state index < -0.39 is 29.6 Å². The highest BCUT2D eigenvalue weighted by molar-refractivity contribution is 5.97. The minimum Gasteiger partial charge on any atom is -0.491 e. The lowest BCUT2D eigenvalue weighted by Gasteiger charge is -2.34. The summed E-state index contributed by atoms with van der Waals surface area (Å²) in [6.45, 7) is -0.385. The van der Waals surface area contributed by atoms with Crippen LogP contribution in [0.3, 0.4) is 0 Å². The number of carbonyl (C=O) groups is 2. The molecule has 8 aromatic rings. The van der Waals surface area contributed by atoms with Crippen molar-refractivity contribution in [1.82, 2.24) is 0 Å². The smallest absolute Gasteiger partial charge is 0.338 e. The first-order valence-electron chi connectivity index (χ1n) is 22.3. The second-order valence-corrected chi connectivity index (χ2v) is 16.4. The summed E-state index contributed by atoms with van der Waals surface area (Å²) in [6, 6.07) is 53.6. The second kappa shape index (κ2) is 20.5. The number of benzene rings is 8. The number of fused-ring (bicyclic) bond motifs is 5. The van der Waals surface area contributed by atoms with Crippen molar-refractivity contribution in [2.24, 2.45) is 0 Å². The Hall–Kier alpha value is -8.54. The first-order valence-corrected chi connectivity index (χ1v) is 22.3. The van der Waals surface area contributed by atoms with Gasteiger partial charge in [-0.15, -0.1) is 12.8 Å². The molecule has 2 N–H and O–H groups in total. The molecular formula is C59H46O10. The van der Waals surface area contributed by atoms with Gasteiger partial charge in [-0.2, -0.15) is 0 Å². The zero-order valence-electron chi connectivity index (χ0n) is 37.4. The SMILES string of the molecule is C#CCOc1ccc2cc(C(=O)OCC(O)COc3ccc(C4(c5ccc(OCC(O)COC(=O)c6ccc7cc(OCC#C)ccc7c6)cc5)c5ccccc5-c5ccccc54)cc3)ccc2c1. The Morgan fingerprint density at radius 2 is 0.826 bits per heavy atom. The molecule has 10 heteroatoms. The quantitative estimate of drug-likeness (QED) is 0.0634. The van der Waals surface area contributed by atoms with Crippen molar-refractivity contribution in [3.05, 3.63) is 203 Å². The fraction of sp³-hybridized carbons (Fsp3) is 0.153. The maximum absolute atomic E-state index is 12.9. The maximum Gasteiger partial charge on any atom is 0.338 e. The summed E-state index contributed by atoms with van der Waals surface area (Å²) in [5.41, 5.74) is 6.43. The van der Waals surface area contributed by atoms with Crippen LogP contribution < -0.4 is 18.9 Å². The third kappa shape index (κ3) is 9.81. The number of hydrogen-bond donors (Lipinski definition) is 2. The first kappa shape index (κ1) is 45.6. The minimum absolute atomic E-state index is 0.100. The van der Waals surface area contributed by atoms with Crippen molar-refractivity contribution in [3.8, 4) is 58.8 Å². The summed E-state index contributed by atoms with van der Waals surface area (Å²) in [7, 11) is 0. The van der Waals surface area contributed by atoms with E-state index in [2.05, 4.69) is 36.1 Å². The average molecular weight is 915 g/mol. The van der Waals surface area contributed by atoms with Crippen LogP contribution in [0.2, 0.25) is 0 Å². The largest absolute Gasteiger partial charge is 0.491 e. The summed E-state index contributed by atoms with van der Waals surface area (Å²) < 4.78 is 33.9. The molecule has 0 aromatic heterocycles. The van der Waals surface area contributed by atoms with Crippen LogP contribution in [0.4, 0.5) is 0 Å². The number of aliphatic hydroxyl groups excluding tert-OH is 2. The fourth-order valence-corrected chi connectivity index (χ4v) is 8.75. The third-order valence-electron chi connectivity index (χ3n) is 12.0. The van der Waals surface area contributed by atoms with E-state index in [0.717, 1.165) is 54.9 Å². The number of aliphatic hydroxyl groups is 2. The zero-order valence-corrected chi connectivity index (χ0v) is 37.4. The highest BCUT2D eigenvalue weighted by atomic mass is 16.6. The Bertz CT molecular complexity index is 3020. The van der Waals surface area contributed by atoms with Gasteiger partial charge < -0.3 is 38.6 Å². The van der Waals surface area contributed by atoms with Gasteiger partial charge in [-0.3, -0.25) is 0 Å². The molecule has 0 heterocycles. The molecule has 0 bridgehead atoms. The van der Waals surface area contributed by atoms with Crippen LogP contribution in [0.5, 0.6) is 23.0 Å².